The summed E-state index contributed by atoms with van der Waals surface area (Å²) in [6.45, 7) is 4.63. The van der Waals surface area contributed by atoms with Gasteiger partial charge in [-0.05, 0) is 26.0 Å². The molecule has 1 heterocycles. The van der Waals surface area contributed by atoms with Gasteiger partial charge in [-0.1, -0.05) is 12.1 Å². The number of hydrogen-bond acceptors (Lipinski definition) is 4. The first-order chi connectivity index (χ1) is 9.44. The van der Waals surface area contributed by atoms with Crippen molar-refractivity contribution in [2.24, 2.45) is 0 Å². The molecule has 0 spiro atoms. The number of nitrogens with zero attached hydrogens (tertiary/aromatic N) is 1. The fourth-order valence-electron chi connectivity index (χ4n) is 2.08. The van der Waals surface area contributed by atoms with Crippen LogP contribution < -0.4 is 0 Å². The average molecular weight is 313 g/mol. The van der Waals surface area contributed by atoms with Crippen LogP contribution in [0.15, 0.2) is 29.2 Å². The van der Waals surface area contributed by atoms with Gasteiger partial charge in [-0.2, -0.15) is 11.8 Å². The van der Waals surface area contributed by atoms with Crippen LogP contribution in [-0.4, -0.2) is 49.1 Å². The number of sulfone groups is 1. The summed E-state index contributed by atoms with van der Waals surface area (Å²) in [5.74, 6) is 1.64. The molecule has 0 radical (unpaired) electrons. The molecule has 0 N–H and O–H groups in total. The van der Waals surface area contributed by atoms with Crippen molar-refractivity contribution in [3.8, 4) is 0 Å². The van der Waals surface area contributed by atoms with Crippen molar-refractivity contribution >= 4 is 27.5 Å². The van der Waals surface area contributed by atoms with Crippen molar-refractivity contribution in [1.29, 1.82) is 0 Å². The first-order valence-electron chi connectivity index (χ1n) is 6.64. The van der Waals surface area contributed by atoms with Gasteiger partial charge in [0, 0.05) is 24.6 Å². The van der Waals surface area contributed by atoms with Gasteiger partial charge < -0.3 is 4.90 Å². The Bertz CT molecular complexity index is 590. The summed E-state index contributed by atoms with van der Waals surface area (Å²) < 4.78 is 24.7. The second-order valence-electron chi connectivity index (χ2n) is 4.99. The van der Waals surface area contributed by atoms with Gasteiger partial charge in [-0.3, -0.25) is 4.79 Å². The van der Waals surface area contributed by atoms with E-state index in [1.54, 1.807) is 36.9 Å². The lowest BCUT2D eigenvalue weighted by Crippen LogP contribution is -2.38. The highest BCUT2D eigenvalue weighted by molar-refractivity contribution is 7.99. The van der Waals surface area contributed by atoms with Crippen LogP contribution in [0.5, 0.6) is 0 Å². The first kappa shape index (κ1) is 15.4. The Morgan fingerprint density at radius 2 is 1.80 bits per heavy atom. The summed E-state index contributed by atoms with van der Waals surface area (Å²) in [6, 6.07) is 6.52. The number of carbonyl (C=O) groups is 1. The van der Waals surface area contributed by atoms with E-state index in [1.165, 1.54) is 6.07 Å². The first-order valence-corrected chi connectivity index (χ1v) is 9.34. The molecular formula is C14H19NO3S2. The molecule has 1 aromatic carbocycles. The molecule has 1 aliphatic rings. The summed E-state index contributed by atoms with van der Waals surface area (Å²) in [5.41, 5.74) is 0.299. The quantitative estimate of drug-likeness (QED) is 0.857. The topological polar surface area (TPSA) is 54.5 Å². The summed E-state index contributed by atoms with van der Waals surface area (Å²) in [4.78, 5) is 14.4. The molecule has 1 aliphatic heterocycles. The van der Waals surface area contributed by atoms with E-state index in [-0.39, 0.29) is 10.8 Å². The van der Waals surface area contributed by atoms with Crippen LogP contribution in [0.3, 0.4) is 0 Å². The predicted molar refractivity (Wildman–Crippen MR) is 82.0 cm³/mol. The minimum atomic E-state index is -3.44. The van der Waals surface area contributed by atoms with E-state index >= 15 is 0 Å². The average Bonchev–Trinajstić information content (AvgIpc) is 2.47. The van der Waals surface area contributed by atoms with E-state index in [9.17, 15) is 13.2 Å². The smallest absolute Gasteiger partial charge is 0.255 e. The molecule has 0 bridgehead atoms. The van der Waals surface area contributed by atoms with Gasteiger partial charge in [0.2, 0.25) is 0 Å². The van der Waals surface area contributed by atoms with E-state index < -0.39 is 15.1 Å². The van der Waals surface area contributed by atoms with E-state index in [2.05, 4.69) is 0 Å². The molecule has 1 aromatic rings. The minimum Gasteiger partial charge on any atom is -0.337 e. The lowest BCUT2D eigenvalue weighted by atomic mass is 10.2. The van der Waals surface area contributed by atoms with Crippen LogP contribution in [-0.2, 0) is 9.84 Å². The van der Waals surface area contributed by atoms with Gasteiger partial charge in [0.1, 0.15) is 0 Å². The molecule has 110 valence electrons. The zero-order valence-corrected chi connectivity index (χ0v) is 13.3. The molecule has 0 aromatic heterocycles. The van der Waals surface area contributed by atoms with Gasteiger partial charge in [0.25, 0.3) is 5.91 Å². The third-order valence-corrected chi connectivity index (χ3v) is 6.50. The molecule has 1 saturated heterocycles. The number of amides is 1. The Morgan fingerprint density at radius 3 is 2.40 bits per heavy atom. The lowest BCUT2D eigenvalue weighted by Gasteiger charge is -2.27. The molecule has 2 rings (SSSR count). The molecule has 1 fully saturated rings. The third kappa shape index (κ3) is 3.01. The molecule has 0 saturated carbocycles. The molecule has 0 aliphatic carbocycles. The Balaban J connectivity index is 2.40. The van der Waals surface area contributed by atoms with Crippen molar-refractivity contribution in [2.75, 3.05) is 24.6 Å². The number of benzene rings is 1. The number of rotatable bonds is 3. The fourth-order valence-corrected chi connectivity index (χ4v) is 4.22. The monoisotopic (exact) mass is 313 g/mol. The molecule has 6 heteroatoms. The van der Waals surface area contributed by atoms with E-state index in [0.29, 0.717) is 18.7 Å². The van der Waals surface area contributed by atoms with Crippen molar-refractivity contribution in [3.63, 3.8) is 0 Å². The maximum absolute atomic E-state index is 12.5. The normalized spacial score (nSPS) is 16.4. The van der Waals surface area contributed by atoms with Gasteiger partial charge >= 0.3 is 0 Å². The van der Waals surface area contributed by atoms with Crippen molar-refractivity contribution in [1.82, 2.24) is 4.90 Å². The Morgan fingerprint density at radius 1 is 1.20 bits per heavy atom. The maximum atomic E-state index is 12.5. The minimum absolute atomic E-state index is 0.151. The highest BCUT2D eigenvalue weighted by atomic mass is 32.2. The third-order valence-electron chi connectivity index (χ3n) is 3.34. The highest BCUT2D eigenvalue weighted by Crippen LogP contribution is 2.23. The Labute approximate surface area is 124 Å². The van der Waals surface area contributed by atoms with E-state index in [4.69, 9.17) is 0 Å². The van der Waals surface area contributed by atoms with Gasteiger partial charge in [0.05, 0.1) is 15.7 Å². The number of carbonyl (C=O) groups excluding carboxylic acids is 1. The van der Waals surface area contributed by atoms with Crippen LogP contribution in [0, 0.1) is 0 Å². The van der Waals surface area contributed by atoms with Gasteiger partial charge in [0.15, 0.2) is 9.84 Å². The van der Waals surface area contributed by atoms with Crippen molar-refractivity contribution < 1.29 is 13.2 Å². The second-order valence-corrected chi connectivity index (χ2v) is 8.69. The Kier molecular flexibility index (Phi) is 4.75. The van der Waals surface area contributed by atoms with Gasteiger partial charge in [-0.15, -0.1) is 0 Å². The lowest BCUT2D eigenvalue weighted by molar-refractivity contribution is 0.0768. The highest BCUT2D eigenvalue weighted by Gasteiger charge is 2.28. The van der Waals surface area contributed by atoms with Crippen LogP contribution in [0.1, 0.15) is 24.2 Å². The van der Waals surface area contributed by atoms with Crippen molar-refractivity contribution in [3.05, 3.63) is 29.8 Å². The number of hydrogen-bond donors (Lipinski definition) is 0. The van der Waals surface area contributed by atoms with Crippen LogP contribution in [0.25, 0.3) is 0 Å². The van der Waals surface area contributed by atoms with Crippen LogP contribution >= 0.6 is 11.8 Å². The standard InChI is InChI=1S/C14H19NO3S2/c1-11(2)20(17,18)13-6-4-3-5-12(13)14(16)15-7-9-19-10-8-15/h3-6,11H,7-10H2,1-2H3. The molecule has 1 amide bonds. The van der Waals surface area contributed by atoms with E-state index in [1.807, 2.05) is 11.8 Å². The van der Waals surface area contributed by atoms with Crippen LogP contribution in [0.4, 0.5) is 0 Å². The summed E-state index contributed by atoms with van der Waals surface area (Å²) in [5, 5.41) is -0.534. The second kappa shape index (κ2) is 6.18. The number of thioether (sulfide) groups is 1. The fraction of sp³-hybridized carbons (Fsp3) is 0.500. The molecule has 0 atom stereocenters. The molecule has 4 nitrogen and oxygen atoms in total. The van der Waals surface area contributed by atoms with E-state index in [0.717, 1.165) is 11.5 Å². The summed E-state index contributed by atoms with van der Waals surface area (Å²) in [7, 11) is -3.44. The SMILES string of the molecule is CC(C)S(=O)(=O)c1ccccc1C(=O)N1CCSCC1. The Hall–Kier alpha value is -1.01. The molecule has 0 unspecified atom stereocenters. The zero-order valence-electron chi connectivity index (χ0n) is 11.7. The van der Waals surface area contributed by atoms with Crippen molar-refractivity contribution in [2.45, 2.75) is 24.0 Å². The van der Waals surface area contributed by atoms with Crippen LogP contribution in [0.2, 0.25) is 0 Å². The maximum Gasteiger partial charge on any atom is 0.255 e. The largest absolute Gasteiger partial charge is 0.337 e. The summed E-state index contributed by atoms with van der Waals surface area (Å²) >= 11 is 1.81. The summed E-state index contributed by atoms with van der Waals surface area (Å²) in [6.07, 6.45) is 0. The van der Waals surface area contributed by atoms with Gasteiger partial charge in [-0.25, -0.2) is 8.42 Å². The predicted octanol–water partition coefficient (Wildman–Crippen LogP) is 2.06. The molecule has 20 heavy (non-hydrogen) atoms. The zero-order chi connectivity index (χ0) is 14.8. The molecular weight excluding hydrogens is 294 g/mol.